The Morgan fingerprint density at radius 2 is 2.28 bits per heavy atom. The van der Waals surface area contributed by atoms with Crippen molar-refractivity contribution in [3.63, 3.8) is 0 Å². The van der Waals surface area contributed by atoms with Crippen LogP contribution in [0.5, 0.6) is 0 Å². The van der Waals surface area contributed by atoms with E-state index in [0.717, 1.165) is 36.8 Å². The second-order valence-corrected chi connectivity index (χ2v) is 6.91. The molecule has 1 fully saturated rings. The molecule has 130 valence electrons. The molecule has 1 aliphatic heterocycles. The lowest BCUT2D eigenvalue weighted by atomic mass is 9.93. The summed E-state index contributed by atoms with van der Waals surface area (Å²) in [6.07, 6.45) is 7.35. The van der Waals surface area contributed by atoms with Crippen LogP contribution in [0.2, 0.25) is 5.02 Å². The molecule has 3 N–H and O–H groups in total. The number of amides is 1. The molecule has 1 aliphatic carbocycles. The number of rotatable bonds is 3. The second-order valence-electron chi connectivity index (χ2n) is 6.53. The molecule has 1 saturated carbocycles. The van der Waals surface area contributed by atoms with Crippen molar-refractivity contribution in [1.82, 2.24) is 20.1 Å². The van der Waals surface area contributed by atoms with Crippen molar-refractivity contribution >= 4 is 29.0 Å². The van der Waals surface area contributed by atoms with Gasteiger partial charge in [0.15, 0.2) is 0 Å². The standard InChI is InChI=1S/C17H19ClN6O/c1-24-8-9(6-21-24)15-13-10(7-20-17(13)25)14(18)16(23-15)22-12-5-3-2-4-11(12)19/h6,8,12,19H,2-5,7H2,1H3,(H,20,25)(H,22,23). The normalized spacial score (nSPS) is 19.7. The minimum atomic E-state index is -0.166. The van der Waals surface area contributed by atoms with Crippen molar-refractivity contribution in [2.45, 2.75) is 38.3 Å². The Labute approximate surface area is 150 Å². The first-order valence-electron chi connectivity index (χ1n) is 8.38. The van der Waals surface area contributed by atoms with Gasteiger partial charge in [-0.05, 0) is 19.3 Å². The topological polar surface area (TPSA) is 95.7 Å². The zero-order valence-corrected chi connectivity index (χ0v) is 14.7. The summed E-state index contributed by atoms with van der Waals surface area (Å²) >= 11 is 6.54. The van der Waals surface area contributed by atoms with Crippen LogP contribution in [-0.2, 0) is 13.6 Å². The van der Waals surface area contributed by atoms with E-state index < -0.39 is 0 Å². The van der Waals surface area contributed by atoms with Crippen LogP contribution in [-0.4, -0.2) is 32.4 Å². The Hall–Kier alpha value is -2.41. The first kappa shape index (κ1) is 16.1. The summed E-state index contributed by atoms with van der Waals surface area (Å²) in [5.74, 6) is 0.368. The van der Waals surface area contributed by atoms with Gasteiger partial charge in [0.05, 0.1) is 28.5 Å². The summed E-state index contributed by atoms with van der Waals surface area (Å²) in [7, 11) is 1.82. The molecular formula is C17H19ClN6O. The van der Waals surface area contributed by atoms with E-state index in [2.05, 4.69) is 20.7 Å². The average molecular weight is 359 g/mol. The maximum absolute atomic E-state index is 12.3. The number of carbonyl (C=O) groups is 1. The predicted molar refractivity (Wildman–Crippen MR) is 96.2 cm³/mol. The first-order chi connectivity index (χ1) is 12.0. The number of aromatic nitrogens is 3. The minimum Gasteiger partial charge on any atom is -0.361 e. The van der Waals surface area contributed by atoms with Gasteiger partial charge in [0.2, 0.25) is 0 Å². The molecule has 0 bridgehead atoms. The largest absolute Gasteiger partial charge is 0.361 e. The molecule has 1 amide bonds. The van der Waals surface area contributed by atoms with Crippen molar-refractivity contribution in [2.24, 2.45) is 7.05 Å². The maximum Gasteiger partial charge on any atom is 0.254 e. The van der Waals surface area contributed by atoms with E-state index in [4.69, 9.17) is 17.0 Å². The van der Waals surface area contributed by atoms with Gasteiger partial charge >= 0.3 is 0 Å². The third-order valence-corrected chi connectivity index (χ3v) is 5.19. The van der Waals surface area contributed by atoms with E-state index in [-0.39, 0.29) is 11.9 Å². The van der Waals surface area contributed by atoms with Crippen LogP contribution in [0, 0.1) is 5.41 Å². The summed E-state index contributed by atoms with van der Waals surface area (Å²) in [6.45, 7) is 0.388. The van der Waals surface area contributed by atoms with Gasteiger partial charge in [-0.3, -0.25) is 9.48 Å². The lowest BCUT2D eigenvalue weighted by molar-refractivity contribution is 0.0966. The lowest BCUT2D eigenvalue weighted by Gasteiger charge is -2.25. The second kappa shape index (κ2) is 6.15. The SMILES string of the molecule is Cn1cc(-c2nc(NC3CCCCC3=N)c(Cl)c3c2C(=O)NC3)cn1. The molecule has 0 radical (unpaired) electrons. The Morgan fingerprint density at radius 1 is 1.44 bits per heavy atom. The van der Waals surface area contributed by atoms with E-state index in [1.54, 1.807) is 10.9 Å². The maximum atomic E-state index is 12.3. The molecule has 3 heterocycles. The summed E-state index contributed by atoms with van der Waals surface area (Å²) in [4.78, 5) is 16.9. The fourth-order valence-electron chi connectivity index (χ4n) is 3.46. The highest BCUT2D eigenvalue weighted by Crippen LogP contribution is 2.37. The molecule has 25 heavy (non-hydrogen) atoms. The highest BCUT2D eigenvalue weighted by molar-refractivity contribution is 6.34. The van der Waals surface area contributed by atoms with Crippen molar-refractivity contribution < 1.29 is 4.79 Å². The zero-order valence-electron chi connectivity index (χ0n) is 13.9. The number of fused-ring (bicyclic) bond motifs is 1. The number of halogens is 1. The number of nitrogens with one attached hydrogen (secondary N) is 3. The van der Waals surface area contributed by atoms with Crippen LogP contribution in [0.3, 0.4) is 0 Å². The van der Waals surface area contributed by atoms with Crippen molar-refractivity contribution in [2.75, 3.05) is 5.32 Å². The summed E-state index contributed by atoms with van der Waals surface area (Å²) in [6, 6.07) is -0.0522. The Balaban J connectivity index is 1.80. The van der Waals surface area contributed by atoms with Gasteiger partial charge in [-0.1, -0.05) is 18.0 Å². The number of anilines is 1. The third-order valence-electron chi connectivity index (χ3n) is 4.79. The molecule has 2 aromatic rings. The highest BCUT2D eigenvalue weighted by Gasteiger charge is 2.30. The molecule has 1 unspecified atom stereocenters. The number of hydrogen-bond acceptors (Lipinski definition) is 5. The average Bonchev–Trinajstić information content (AvgIpc) is 3.19. The molecule has 1 atom stereocenters. The summed E-state index contributed by atoms with van der Waals surface area (Å²) < 4.78 is 1.68. The quantitative estimate of drug-likeness (QED) is 0.786. The minimum absolute atomic E-state index is 0.0522. The van der Waals surface area contributed by atoms with Gasteiger partial charge in [0, 0.05) is 36.6 Å². The van der Waals surface area contributed by atoms with Gasteiger partial charge in [-0.25, -0.2) is 4.98 Å². The Morgan fingerprint density at radius 3 is 3.00 bits per heavy atom. The number of carbonyl (C=O) groups excluding carboxylic acids is 1. The lowest BCUT2D eigenvalue weighted by Crippen LogP contribution is -2.32. The molecule has 0 spiro atoms. The Bertz CT molecular complexity index is 874. The molecule has 2 aliphatic rings. The molecule has 8 heteroatoms. The van der Waals surface area contributed by atoms with E-state index in [1.165, 1.54) is 0 Å². The molecule has 4 rings (SSSR count). The van der Waals surface area contributed by atoms with E-state index >= 15 is 0 Å². The van der Waals surface area contributed by atoms with Crippen molar-refractivity contribution in [1.29, 1.82) is 5.41 Å². The van der Waals surface area contributed by atoms with E-state index in [9.17, 15) is 4.79 Å². The Kier molecular flexibility index (Phi) is 3.95. The van der Waals surface area contributed by atoms with Crippen LogP contribution in [0.15, 0.2) is 12.4 Å². The molecule has 7 nitrogen and oxygen atoms in total. The summed E-state index contributed by atoms with van der Waals surface area (Å²) in [5.41, 5.74) is 3.30. The number of pyridine rings is 1. The van der Waals surface area contributed by atoms with Crippen LogP contribution in [0.25, 0.3) is 11.3 Å². The van der Waals surface area contributed by atoms with Crippen LogP contribution < -0.4 is 10.6 Å². The van der Waals surface area contributed by atoms with Gasteiger partial charge in [0.1, 0.15) is 5.82 Å². The van der Waals surface area contributed by atoms with Gasteiger partial charge in [0.25, 0.3) is 5.91 Å². The molecule has 0 aromatic carbocycles. The molecular weight excluding hydrogens is 340 g/mol. The smallest absolute Gasteiger partial charge is 0.254 e. The van der Waals surface area contributed by atoms with Gasteiger partial charge in [-0.15, -0.1) is 0 Å². The van der Waals surface area contributed by atoms with Crippen LogP contribution in [0.4, 0.5) is 5.82 Å². The number of nitrogens with zero attached hydrogens (tertiary/aromatic N) is 3. The number of aryl methyl sites for hydroxylation is 1. The molecule has 2 aromatic heterocycles. The van der Waals surface area contributed by atoms with Crippen LogP contribution in [0.1, 0.15) is 41.6 Å². The third kappa shape index (κ3) is 2.78. The van der Waals surface area contributed by atoms with E-state index in [1.807, 2.05) is 13.2 Å². The predicted octanol–water partition coefficient (Wildman–Crippen LogP) is 2.75. The van der Waals surface area contributed by atoms with Crippen molar-refractivity contribution in [3.8, 4) is 11.3 Å². The zero-order chi connectivity index (χ0) is 17.6. The summed E-state index contributed by atoms with van der Waals surface area (Å²) in [5, 5.41) is 18.9. The van der Waals surface area contributed by atoms with E-state index in [0.29, 0.717) is 34.4 Å². The van der Waals surface area contributed by atoms with Crippen molar-refractivity contribution in [3.05, 3.63) is 28.5 Å². The highest BCUT2D eigenvalue weighted by atomic mass is 35.5. The molecule has 0 saturated heterocycles. The van der Waals surface area contributed by atoms with Gasteiger partial charge in [-0.2, -0.15) is 5.10 Å². The monoisotopic (exact) mass is 358 g/mol. The first-order valence-corrected chi connectivity index (χ1v) is 8.76. The van der Waals surface area contributed by atoms with Gasteiger partial charge < -0.3 is 16.0 Å². The fourth-order valence-corrected chi connectivity index (χ4v) is 3.72. The van der Waals surface area contributed by atoms with Crippen LogP contribution >= 0.6 is 11.6 Å². The fraction of sp³-hybridized carbons (Fsp3) is 0.412. The number of hydrogen-bond donors (Lipinski definition) is 3.